The molecule has 0 rings (SSSR count). The van der Waals surface area contributed by atoms with Crippen LogP contribution in [-0.2, 0) is 9.53 Å². The highest BCUT2D eigenvalue weighted by atomic mass is 16.5. The highest BCUT2D eigenvalue weighted by Crippen LogP contribution is 2.10. The summed E-state index contributed by atoms with van der Waals surface area (Å²) in [4.78, 5) is 10.9. The lowest BCUT2D eigenvalue weighted by Crippen LogP contribution is -2.16. The number of ketones is 1. The molecule has 0 aromatic rings. The molecule has 13 heavy (non-hydrogen) atoms. The number of Topliss-reactive ketones (excluding diaryl/α,β-unsaturated/α-hetero) is 1. The van der Waals surface area contributed by atoms with E-state index in [1.807, 2.05) is 6.92 Å². The Kier molecular flexibility index (Phi) is 8.00. The Hall–Kier alpha value is -0.370. The molecule has 2 heteroatoms. The first kappa shape index (κ1) is 12.6. The molecule has 0 aliphatic carbocycles. The first-order chi connectivity index (χ1) is 6.20. The van der Waals surface area contributed by atoms with E-state index >= 15 is 0 Å². The van der Waals surface area contributed by atoms with E-state index in [0.717, 1.165) is 6.42 Å². The van der Waals surface area contributed by atoms with Crippen molar-refractivity contribution in [1.29, 1.82) is 0 Å². The zero-order valence-corrected chi connectivity index (χ0v) is 9.14. The zero-order chi connectivity index (χ0) is 10.1. The molecule has 0 aromatic heterocycles. The number of carbonyl (C=O) groups excluding carboxylic acids is 1. The van der Waals surface area contributed by atoms with Crippen molar-refractivity contribution < 1.29 is 9.53 Å². The molecule has 0 spiro atoms. The van der Waals surface area contributed by atoms with Gasteiger partial charge in [-0.25, -0.2) is 0 Å². The molecule has 0 saturated carbocycles. The molecule has 1 unspecified atom stereocenters. The second kappa shape index (κ2) is 8.24. The Morgan fingerprint density at radius 2 is 2.00 bits per heavy atom. The molecule has 0 radical (unpaired) electrons. The van der Waals surface area contributed by atoms with Crippen LogP contribution in [0.2, 0.25) is 0 Å². The van der Waals surface area contributed by atoms with Crippen molar-refractivity contribution in [2.45, 2.75) is 59.0 Å². The molecule has 78 valence electrons. The summed E-state index contributed by atoms with van der Waals surface area (Å²) < 4.78 is 5.48. The first-order valence-electron chi connectivity index (χ1n) is 5.31. The van der Waals surface area contributed by atoms with Gasteiger partial charge >= 0.3 is 0 Å². The lowest BCUT2D eigenvalue weighted by atomic mass is 10.1. The zero-order valence-electron chi connectivity index (χ0n) is 9.14. The Balaban J connectivity index is 3.59. The maximum Gasteiger partial charge on any atom is 0.132 e. The Morgan fingerprint density at radius 3 is 2.46 bits per heavy atom. The summed E-state index contributed by atoms with van der Waals surface area (Å²) in [6.45, 7) is 6.50. The van der Waals surface area contributed by atoms with Crippen LogP contribution in [-0.4, -0.2) is 18.5 Å². The molecule has 1 atom stereocenters. The average molecular weight is 186 g/mol. The largest absolute Gasteiger partial charge is 0.378 e. The highest BCUT2D eigenvalue weighted by Gasteiger charge is 2.10. The summed E-state index contributed by atoms with van der Waals surface area (Å²) in [5, 5.41) is 0. The van der Waals surface area contributed by atoms with Crippen molar-refractivity contribution in [3.63, 3.8) is 0 Å². The van der Waals surface area contributed by atoms with E-state index in [0.29, 0.717) is 13.0 Å². The van der Waals surface area contributed by atoms with Crippen LogP contribution in [0.1, 0.15) is 52.9 Å². The molecule has 0 bridgehead atoms. The van der Waals surface area contributed by atoms with Crippen molar-refractivity contribution >= 4 is 5.78 Å². The first-order valence-corrected chi connectivity index (χ1v) is 5.31. The molecule has 0 aromatic carbocycles. The van der Waals surface area contributed by atoms with Crippen LogP contribution >= 0.6 is 0 Å². The lowest BCUT2D eigenvalue weighted by molar-refractivity contribution is -0.119. The minimum Gasteiger partial charge on any atom is -0.378 e. The second-order valence-corrected chi connectivity index (χ2v) is 3.48. The van der Waals surface area contributed by atoms with Crippen LogP contribution in [0.15, 0.2) is 0 Å². The van der Waals surface area contributed by atoms with Crippen LogP contribution in [0.3, 0.4) is 0 Å². The number of carbonyl (C=O) groups is 1. The SMILES string of the molecule is CCCCCC(CC(C)=O)OCC. The fraction of sp³-hybridized carbons (Fsp3) is 0.909. The van der Waals surface area contributed by atoms with Crippen LogP contribution in [0.5, 0.6) is 0 Å². The number of hydrogen-bond acceptors (Lipinski definition) is 2. The van der Waals surface area contributed by atoms with E-state index in [1.165, 1.54) is 19.3 Å². The van der Waals surface area contributed by atoms with Gasteiger partial charge in [-0.3, -0.25) is 4.79 Å². The Bertz CT molecular complexity index is 132. The molecule has 0 fully saturated rings. The lowest BCUT2D eigenvalue weighted by Gasteiger charge is -2.14. The van der Waals surface area contributed by atoms with Crippen LogP contribution in [0, 0.1) is 0 Å². The fourth-order valence-corrected chi connectivity index (χ4v) is 1.42. The fourth-order valence-electron chi connectivity index (χ4n) is 1.42. The minimum atomic E-state index is 0.161. The Morgan fingerprint density at radius 1 is 1.31 bits per heavy atom. The van der Waals surface area contributed by atoms with E-state index in [-0.39, 0.29) is 11.9 Å². The summed E-state index contributed by atoms with van der Waals surface area (Å²) >= 11 is 0. The predicted molar refractivity (Wildman–Crippen MR) is 54.9 cm³/mol. The molecule has 0 aliphatic rings. The van der Waals surface area contributed by atoms with Crippen LogP contribution in [0.4, 0.5) is 0 Å². The van der Waals surface area contributed by atoms with Gasteiger partial charge in [-0.1, -0.05) is 26.2 Å². The van der Waals surface area contributed by atoms with Crippen LogP contribution in [0.25, 0.3) is 0 Å². The topological polar surface area (TPSA) is 26.3 Å². The maximum atomic E-state index is 10.9. The van der Waals surface area contributed by atoms with Crippen molar-refractivity contribution in [2.75, 3.05) is 6.61 Å². The number of hydrogen-bond donors (Lipinski definition) is 0. The number of ether oxygens (including phenoxy) is 1. The van der Waals surface area contributed by atoms with E-state index in [9.17, 15) is 4.79 Å². The molecule has 0 heterocycles. The summed E-state index contributed by atoms with van der Waals surface area (Å²) in [5.41, 5.74) is 0. The number of unbranched alkanes of at least 4 members (excludes halogenated alkanes) is 2. The quantitative estimate of drug-likeness (QED) is 0.545. The van der Waals surface area contributed by atoms with E-state index in [1.54, 1.807) is 6.92 Å². The van der Waals surface area contributed by atoms with E-state index in [4.69, 9.17) is 4.74 Å². The van der Waals surface area contributed by atoms with Gasteiger partial charge in [-0.2, -0.15) is 0 Å². The van der Waals surface area contributed by atoms with Gasteiger partial charge in [-0.05, 0) is 20.3 Å². The van der Waals surface area contributed by atoms with Crippen molar-refractivity contribution in [3.05, 3.63) is 0 Å². The molecule has 0 aliphatic heterocycles. The minimum absolute atomic E-state index is 0.161. The van der Waals surface area contributed by atoms with Crippen molar-refractivity contribution in [3.8, 4) is 0 Å². The summed E-state index contributed by atoms with van der Waals surface area (Å²) in [6.07, 6.45) is 5.40. The van der Waals surface area contributed by atoms with Gasteiger partial charge in [0.05, 0.1) is 6.10 Å². The van der Waals surface area contributed by atoms with Gasteiger partial charge < -0.3 is 4.74 Å². The predicted octanol–water partition coefficient (Wildman–Crippen LogP) is 2.95. The third-order valence-electron chi connectivity index (χ3n) is 2.05. The third kappa shape index (κ3) is 7.97. The summed E-state index contributed by atoms with van der Waals surface area (Å²) in [6, 6.07) is 0. The smallest absolute Gasteiger partial charge is 0.132 e. The molecule has 0 saturated heterocycles. The normalized spacial score (nSPS) is 12.8. The number of rotatable bonds is 8. The van der Waals surface area contributed by atoms with Gasteiger partial charge in [0.1, 0.15) is 5.78 Å². The maximum absolute atomic E-state index is 10.9. The third-order valence-corrected chi connectivity index (χ3v) is 2.05. The van der Waals surface area contributed by atoms with Crippen LogP contribution < -0.4 is 0 Å². The molecular weight excluding hydrogens is 164 g/mol. The second-order valence-electron chi connectivity index (χ2n) is 3.48. The van der Waals surface area contributed by atoms with Crippen molar-refractivity contribution in [2.24, 2.45) is 0 Å². The van der Waals surface area contributed by atoms with Gasteiger partial charge in [0.15, 0.2) is 0 Å². The van der Waals surface area contributed by atoms with Gasteiger partial charge in [0.25, 0.3) is 0 Å². The molecule has 2 nitrogen and oxygen atoms in total. The summed E-state index contributed by atoms with van der Waals surface area (Å²) in [7, 11) is 0. The molecule has 0 N–H and O–H groups in total. The van der Waals surface area contributed by atoms with Gasteiger partial charge in [0, 0.05) is 13.0 Å². The van der Waals surface area contributed by atoms with Crippen molar-refractivity contribution in [1.82, 2.24) is 0 Å². The Labute approximate surface area is 81.7 Å². The molecule has 0 amide bonds. The van der Waals surface area contributed by atoms with E-state index < -0.39 is 0 Å². The van der Waals surface area contributed by atoms with Gasteiger partial charge in [-0.15, -0.1) is 0 Å². The van der Waals surface area contributed by atoms with E-state index in [2.05, 4.69) is 6.92 Å². The molecular formula is C11H22O2. The van der Waals surface area contributed by atoms with Gasteiger partial charge in [0.2, 0.25) is 0 Å². The standard InChI is InChI=1S/C11H22O2/c1-4-6-7-8-11(13-5-2)9-10(3)12/h11H,4-9H2,1-3H3. The summed E-state index contributed by atoms with van der Waals surface area (Å²) in [5.74, 6) is 0.231. The average Bonchev–Trinajstić information content (AvgIpc) is 2.04. The highest BCUT2D eigenvalue weighted by molar-refractivity contribution is 5.75. The monoisotopic (exact) mass is 186 g/mol.